The molecule has 0 aromatic rings. The lowest BCUT2D eigenvalue weighted by molar-refractivity contribution is -0.361. The highest BCUT2D eigenvalue weighted by Crippen LogP contribution is 2.72. The Morgan fingerprint density at radius 3 is 2.61 bits per heavy atom. The van der Waals surface area contributed by atoms with Crippen molar-refractivity contribution in [2.24, 2.45) is 46.8 Å². The van der Waals surface area contributed by atoms with Crippen LogP contribution in [0.5, 0.6) is 0 Å². The second kappa shape index (κ2) is 6.19. The Hall–Kier alpha value is -1.50. The Morgan fingerprint density at radius 2 is 1.88 bits per heavy atom. The molecule has 7 aliphatic rings. The fraction of sp³-hybridized carbons (Fsp3) is 0.778. The second-order valence-corrected chi connectivity index (χ2v) is 12.3. The summed E-state index contributed by atoms with van der Waals surface area (Å²) >= 11 is 0. The molecule has 0 aromatic heterocycles. The first kappa shape index (κ1) is 20.8. The molecular formula is C27H34O6. The molecule has 5 fully saturated rings. The molecule has 3 heterocycles. The molecule has 2 saturated carbocycles. The number of hydrogen-bond acceptors (Lipinski definition) is 6. The predicted molar refractivity (Wildman–Crippen MR) is 118 cm³/mol. The Labute approximate surface area is 194 Å². The van der Waals surface area contributed by atoms with Crippen molar-refractivity contribution in [1.29, 1.82) is 0 Å². The number of cyclic esters (lactones) is 1. The molecule has 33 heavy (non-hydrogen) atoms. The number of rotatable bonds is 1. The van der Waals surface area contributed by atoms with Gasteiger partial charge in [0.2, 0.25) is 0 Å². The van der Waals surface area contributed by atoms with Gasteiger partial charge in [-0.15, -0.1) is 0 Å². The van der Waals surface area contributed by atoms with Gasteiger partial charge in [-0.05, 0) is 56.9 Å². The average molecular weight is 455 g/mol. The standard InChI is InChI=1S/C27H34O6/c1-12-13(2)24(29)31-22(12)23-26(4,30)21-18-10-16-15-9-8-14-6-5-7-19(28)25(14,3)17(15)11-27(32-18,33-23)20(16)21/h5,7-8,12-13,15-18,20-23,30H,6,9-11H2,1-4H3/t12-,13-,15+,16+,17+,18-,20-,21+,22-,23-,25+,26-,27+/m1/s1. The summed E-state index contributed by atoms with van der Waals surface area (Å²) in [6, 6.07) is 0. The SMILES string of the molecule is C[C@H]1[C@H]([C@H]2O[C@]34C[C@H]5[C@@H](CC=C6CC=CC(=O)[C@@]65C)[C@@H]5C[C@@H](O3)[C@@H]([C@@H]54)[C@@]2(C)O)OC(=O)[C@@H]1C. The zero-order chi connectivity index (χ0) is 23.1. The summed E-state index contributed by atoms with van der Waals surface area (Å²) in [6.07, 6.45) is 8.31. The third kappa shape index (κ3) is 2.27. The van der Waals surface area contributed by atoms with E-state index in [4.69, 9.17) is 14.2 Å². The third-order valence-electron chi connectivity index (χ3n) is 11.2. The van der Waals surface area contributed by atoms with Crippen molar-refractivity contribution in [3.63, 3.8) is 0 Å². The summed E-state index contributed by atoms with van der Waals surface area (Å²) in [5.41, 5.74) is -0.406. The second-order valence-electron chi connectivity index (χ2n) is 12.3. The van der Waals surface area contributed by atoms with Crippen molar-refractivity contribution in [2.75, 3.05) is 0 Å². The van der Waals surface area contributed by atoms with Crippen LogP contribution in [-0.2, 0) is 23.8 Å². The minimum absolute atomic E-state index is 0.0378. The minimum atomic E-state index is -1.14. The van der Waals surface area contributed by atoms with Crippen LogP contribution in [0.3, 0.4) is 0 Å². The van der Waals surface area contributed by atoms with Gasteiger partial charge in [0, 0.05) is 24.2 Å². The van der Waals surface area contributed by atoms with Gasteiger partial charge in [0.25, 0.3) is 0 Å². The number of allylic oxidation sites excluding steroid dienone is 4. The number of aliphatic hydroxyl groups is 1. The van der Waals surface area contributed by atoms with E-state index < -0.39 is 29.0 Å². The van der Waals surface area contributed by atoms with Crippen molar-refractivity contribution in [1.82, 2.24) is 0 Å². The highest BCUT2D eigenvalue weighted by Gasteiger charge is 2.78. The summed E-state index contributed by atoms with van der Waals surface area (Å²) in [6.45, 7) is 7.88. The lowest BCUT2D eigenvalue weighted by Crippen LogP contribution is -2.68. The monoisotopic (exact) mass is 454 g/mol. The van der Waals surface area contributed by atoms with Gasteiger partial charge in [-0.25, -0.2) is 0 Å². The summed E-state index contributed by atoms with van der Waals surface area (Å²) in [5, 5.41) is 11.9. The van der Waals surface area contributed by atoms with Gasteiger partial charge in [-0.2, -0.15) is 0 Å². The van der Waals surface area contributed by atoms with Crippen LogP contribution in [0, 0.1) is 46.8 Å². The summed E-state index contributed by atoms with van der Waals surface area (Å²) in [4.78, 5) is 25.6. The smallest absolute Gasteiger partial charge is 0.309 e. The van der Waals surface area contributed by atoms with E-state index in [0.717, 1.165) is 19.3 Å². The number of hydrogen-bond donors (Lipinski definition) is 1. The molecule has 0 aromatic carbocycles. The molecule has 1 N–H and O–H groups in total. The van der Waals surface area contributed by atoms with E-state index in [0.29, 0.717) is 18.3 Å². The normalized spacial score (nSPS) is 60.3. The van der Waals surface area contributed by atoms with Gasteiger partial charge in [0.1, 0.15) is 12.2 Å². The quantitative estimate of drug-likeness (QED) is 0.484. The van der Waals surface area contributed by atoms with Crippen LogP contribution in [-0.4, -0.2) is 46.6 Å². The molecular weight excluding hydrogens is 420 g/mol. The first-order valence-electron chi connectivity index (χ1n) is 12.8. The van der Waals surface area contributed by atoms with E-state index in [1.54, 1.807) is 6.08 Å². The highest BCUT2D eigenvalue weighted by atomic mass is 16.7. The van der Waals surface area contributed by atoms with Crippen LogP contribution < -0.4 is 0 Å². The van der Waals surface area contributed by atoms with Crippen molar-refractivity contribution in [3.05, 3.63) is 23.8 Å². The van der Waals surface area contributed by atoms with Gasteiger partial charge in [-0.3, -0.25) is 9.59 Å². The maximum atomic E-state index is 13.3. The maximum Gasteiger partial charge on any atom is 0.309 e. The summed E-state index contributed by atoms with van der Waals surface area (Å²) < 4.78 is 19.3. The van der Waals surface area contributed by atoms with Crippen LogP contribution in [0.15, 0.2) is 23.8 Å². The first-order chi connectivity index (χ1) is 15.6. The van der Waals surface area contributed by atoms with Gasteiger partial charge < -0.3 is 19.3 Å². The molecule has 178 valence electrons. The van der Waals surface area contributed by atoms with E-state index in [-0.39, 0.29) is 47.4 Å². The number of ketones is 1. The van der Waals surface area contributed by atoms with Gasteiger partial charge >= 0.3 is 5.97 Å². The topological polar surface area (TPSA) is 82.1 Å². The molecule has 4 aliphatic carbocycles. The first-order valence-corrected chi connectivity index (χ1v) is 12.8. The lowest BCUT2D eigenvalue weighted by atomic mass is 9.48. The summed E-state index contributed by atoms with van der Waals surface area (Å²) in [5.74, 6) is -0.0819. The average Bonchev–Trinajstić information content (AvgIpc) is 3.37. The van der Waals surface area contributed by atoms with Crippen molar-refractivity contribution in [3.8, 4) is 0 Å². The molecule has 7 rings (SSSR count). The molecule has 4 bridgehead atoms. The number of esters is 1. The molecule has 0 amide bonds. The Morgan fingerprint density at radius 1 is 1.09 bits per heavy atom. The number of fused-ring (bicyclic) bond motifs is 4. The van der Waals surface area contributed by atoms with Crippen LogP contribution in [0.4, 0.5) is 0 Å². The molecule has 3 aliphatic heterocycles. The van der Waals surface area contributed by atoms with Crippen molar-refractivity contribution >= 4 is 11.8 Å². The van der Waals surface area contributed by atoms with E-state index in [1.165, 1.54) is 5.57 Å². The lowest BCUT2D eigenvalue weighted by Gasteiger charge is -2.61. The molecule has 3 saturated heterocycles. The van der Waals surface area contributed by atoms with Crippen LogP contribution in [0.1, 0.15) is 53.4 Å². The van der Waals surface area contributed by atoms with Gasteiger partial charge in [0.05, 0.1) is 23.0 Å². The number of ether oxygens (including phenoxy) is 3. The summed E-state index contributed by atoms with van der Waals surface area (Å²) in [7, 11) is 0. The Balaban J connectivity index is 1.31. The third-order valence-corrected chi connectivity index (χ3v) is 11.2. The molecule has 0 unspecified atom stereocenters. The molecule has 13 atom stereocenters. The van der Waals surface area contributed by atoms with Crippen LogP contribution in [0.25, 0.3) is 0 Å². The predicted octanol–water partition coefficient (Wildman–Crippen LogP) is 3.18. The van der Waals surface area contributed by atoms with E-state index in [1.807, 2.05) is 26.8 Å². The number of carbonyl (C=O) groups is 2. The van der Waals surface area contributed by atoms with Crippen LogP contribution in [0.2, 0.25) is 0 Å². The molecule has 6 nitrogen and oxygen atoms in total. The fourth-order valence-electron chi connectivity index (χ4n) is 9.30. The minimum Gasteiger partial charge on any atom is -0.459 e. The molecule has 6 heteroatoms. The van der Waals surface area contributed by atoms with E-state index >= 15 is 0 Å². The van der Waals surface area contributed by atoms with Crippen LogP contribution >= 0.6 is 0 Å². The number of carbonyl (C=O) groups excluding carboxylic acids is 2. The zero-order valence-corrected chi connectivity index (χ0v) is 19.8. The van der Waals surface area contributed by atoms with E-state index in [2.05, 4.69) is 13.0 Å². The van der Waals surface area contributed by atoms with Gasteiger partial charge in [0.15, 0.2) is 11.6 Å². The fourth-order valence-corrected chi connectivity index (χ4v) is 9.30. The van der Waals surface area contributed by atoms with Crippen molar-refractivity contribution < 1.29 is 28.9 Å². The van der Waals surface area contributed by atoms with Gasteiger partial charge in [-0.1, -0.05) is 31.6 Å². The molecule has 0 spiro atoms. The molecule has 0 radical (unpaired) electrons. The highest BCUT2D eigenvalue weighted by molar-refractivity contribution is 5.98. The Kier molecular flexibility index (Phi) is 3.91. The zero-order valence-electron chi connectivity index (χ0n) is 19.8. The van der Waals surface area contributed by atoms with E-state index in [9.17, 15) is 14.7 Å². The Bertz CT molecular complexity index is 1010. The maximum absolute atomic E-state index is 13.3. The van der Waals surface area contributed by atoms with Crippen molar-refractivity contribution in [2.45, 2.75) is 83.1 Å². The largest absolute Gasteiger partial charge is 0.459 e.